The number of anilines is 1. The van der Waals surface area contributed by atoms with E-state index in [9.17, 15) is 18.0 Å². The fraction of sp³-hybridized carbons (Fsp3) is 0.692. The van der Waals surface area contributed by atoms with Crippen molar-refractivity contribution in [2.45, 2.75) is 50.7 Å². The van der Waals surface area contributed by atoms with Crippen LogP contribution in [0.1, 0.15) is 39.3 Å². The van der Waals surface area contributed by atoms with Gasteiger partial charge in [-0.3, -0.25) is 4.79 Å². The molecule has 8 heteroatoms. The third-order valence-corrected chi connectivity index (χ3v) is 4.33. The molecule has 1 N–H and O–H groups in total. The van der Waals surface area contributed by atoms with E-state index in [0.717, 1.165) is 11.3 Å². The van der Waals surface area contributed by atoms with Crippen LogP contribution < -0.4 is 5.32 Å². The minimum absolute atomic E-state index is 0.0483. The number of alkyl halides is 3. The maximum Gasteiger partial charge on any atom is 0.411 e. The summed E-state index contributed by atoms with van der Waals surface area (Å²) in [6.45, 7) is 5.22. The number of ether oxygens (including phenoxy) is 1. The molecule has 0 unspecified atom stereocenters. The number of rotatable bonds is 5. The number of nitrogens with one attached hydrogen (secondary N) is 1. The molecule has 21 heavy (non-hydrogen) atoms. The molecule has 4 nitrogen and oxygen atoms in total. The zero-order valence-corrected chi connectivity index (χ0v) is 12.8. The van der Waals surface area contributed by atoms with E-state index in [1.165, 1.54) is 0 Å². The van der Waals surface area contributed by atoms with Crippen LogP contribution in [0, 0.1) is 0 Å². The normalized spacial score (nSPS) is 17.4. The van der Waals surface area contributed by atoms with Gasteiger partial charge in [-0.15, -0.1) is 11.3 Å². The third kappa shape index (κ3) is 3.00. The lowest BCUT2D eigenvalue weighted by Gasteiger charge is -2.21. The topological polar surface area (TPSA) is 51.2 Å². The minimum Gasteiger partial charge on any atom is -0.465 e. The quantitative estimate of drug-likeness (QED) is 0.843. The van der Waals surface area contributed by atoms with Crippen LogP contribution in [0.2, 0.25) is 0 Å². The summed E-state index contributed by atoms with van der Waals surface area (Å²) in [5, 5.41) is 4.23. The zero-order valence-electron chi connectivity index (χ0n) is 12.0. The van der Waals surface area contributed by atoms with Gasteiger partial charge in [-0.1, -0.05) is 0 Å². The number of halogens is 3. The second-order valence-corrected chi connectivity index (χ2v) is 6.45. The van der Waals surface area contributed by atoms with Crippen molar-refractivity contribution in [3.63, 3.8) is 0 Å². The van der Waals surface area contributed by atoms with Crippen molar-refractivity contribution in [1.29, 1.82) is 0 Å². The van der Waals surface area contributed by atoms with Crippen LogP contribution in [-0.4, -0.2) is 29.3 Å². The molecule has 1 aliphatic carbocycles. The van der Waals surface area contributed by atoms with Crippen LogP contribution in [-0.2, 0) is 14.9 Å². The molecule has 0 aliphatic heterocycles. The fourth-order valence-electron chi connectivity index (χ4n) is 1.84. The van der Waals surface area contributed by atoms with E-state index in [2.05, 4.69) is 10.3 Å². The third-order valence-electron chi connectivity index (χ3n) is 3.57. The Morgan fingerprint density at radius 3 is 2.57 bits per heavy atom. The lowest BCUT2D eigenvalue weighted by atomic mass is 9.90. The molecule has 1 fully saturated rings. The average molecular weight is 322 g/mol. The summed E-state index contributed by atoms with van der Waals surface area (Å²) in [6.07, 6.45) is -4.20. The first kappa shape index (κ1) is 16.1. The molecule has 1 aliphatic rings. The van der Waals surface area contributed by atoms with Crippen molar-refractivity contribution in [2.75, 3.05) is 11.9 Å². The highest BCUT2D eigenvalue weighted by atomic mass is 32.1. The maximum atomic E-state index is 12.9. The van der Waals surface area contributed by atoms with Gasteiger partial charge in [-0.2, -0.15) is 13.2 Å². The van der Waals surface area contributed by atoms with Crippen molar-refractivity contribution < 1.29 is 22.7 Å². The standard InChI is InChI=1S/C13H17F3N2O2S/c1-4-20-9(19)11(2,3)8-7-21-10(17-8)18-12(5-6-12)13(14,15)16/h7H,4-6H2,1-3H3,(H,17,18). The molecule has 1 saturated carbocycles. The number of carbonyl (C=O) groups excluding carboxylic acids is 1. The summed E-state index contributed by atoms with van der Waals surface area (Å²) in [7, 11) is 0. The molecular formula is C13H17F3N2O2S. The Morgan fingerprint density at radius 2 is 2.10 bits per heavy atom. The maximum absolute atomic E-state index is 12.9. The number of hydrogen-bond acceptors (Lipinski definition) is 5. The minimum atomic E-state index is -4.30. The summed E-state index contributed by atoms with van der Waals surface area (Å²) in [5.41, 5.74) is -2.43. The first-order valence-electron chi connectivity index (χ1n) is 6.60. The van der Waals surface area contributed by atoms with Gasteiger partial charge in [-0.05, 0) is 33.6 Å². The Hall–Kier alpha value is -1.31. The van der Waals surface area contributed by atoms with E-state index in [0.29, 0.717) is 5.69 Å². The van der Waals surface area contributed by atoms with E-state index in [4.69, 9.17) is 4.74 Å². The summed E-state index contributed by atoms with van der Waals surface area (Å²) in [6, 6.07) is 0. The van der Waals surface area contributed by atoms with Gasteiger partial charge in [0.1, 0.15) is 11.0 Å². The lowest BCUT2D eigenvalue weighted by molar-refractivity contribution is -0.151. The van der Waals surface area contributed by atoms with Crippen LogP contribution in [0.15, 0.2) is 5.38 Å². The number of hydrogen-bond donors (Lipinski definition) is 1. The molecule has 1 heterocycles. The molecule has 0 atom stereocenters. The SMILES string of the molecule is CCOC(=O)C(C)(C)c1csc(NC2(C(F)(F)F)CC2)n1. The van der Waals surface area contributed by atoms with E-state index in [1.54, 1.807) is 26.2 Å². The zero-order chi connectivity index (χ0) is 15.9. The second-order valence-electron chi connectivity index (χ2n) is 5.59. The predicted molar refractivity (Wildman–Crippen MR) is 73.4 cm³/mol. The molecule has 1 aromatic heterocycles. The summed E-state index contributed by atoms with van der Waals surface area (Å²) >= 11 is 1.06. The van der Waals surface area contributed by atoms with Crippen LogP contribution in [0.5, 0.6) is 0 Å². The van der Waals surface area contributed by atoms with Gasteiger partial charge in [0.25, 0.3) is 0 Å². The predicted octanol–water partition coefficient (Wildman–Crippen LogP) is 3.49. The van der Waals surface area contributed by atoms with Crippen LogP contribution in [0.4, 0.5) is 18.3 Å². The Morgan fingerprint density at radius 1 is 1.48 bits per heavy atom. The van der Waals surface area contributed by atoms with Gasteiger partial charge in [0.15, 0.2) is 5.13 Å². The van der Waals surface area contributed by atoms with E-state index in [-0.39, 0.29) is 24.6 Å². The van der Waals surface area contributed by atoms with Gasteiger partial charge in [0, 0.05) is 5.38 Å². The smallest absolute Gasteiger partial charge is 0.411 e. The molecular weight excluding hydrogens is 305 g/mol. The largest absolute Gasteiger partial charge is 0.465 e. The Kier molecular flexibility index (Phi) is 3.94. The van der Waals surface area contributed by atoms with Crippen molar-refractivity contribution in [2.24, 2.45) is 0 Å². The summed E-state index contributed by atoms with van der Waals surface area (Å²) in [4.78, 5) is 16.0. The first-order valence-corrected chi connectivity index (χ1v) is 7.48. The Labute approximate surface area is 124 Å². The van der Waals surface area contributed by atoms with Crippen LogP contribution in [0.3, 0.4) is 0 Å². The van der Waals surface area contributed by atoms with E-state index in [1.807, 2.05) is 0 Å². The van der Waals surface area contributed by atoms with Crippen molar-refractivity contribution in [3.8, 4) is 0 Å². The number of carbonyl (C=O) groups is 1. The molecule has 1 aromatic rings. The molecule has 0 radical (unpaired) electrons. The molecule has 2 rings (SSSR count). The second kappa shape index (κ2) is 5.15. The molecule has 118 valence electrons. The van der Waals surface area contributed by atoms with Crippen molar-refractivity contribution in [3.05, 3.63) is 11.1 Å². The number of thiazole rings is 1. The average Bonchev–Trinajstić information content (AvgIpc) is 2.99. The van der Waals surface area contributed by atoms with Gasteiger partial charge in [0.05, 0.1) is 12.3 Å². The van der Waals surface area contributed by atoms with E-state index < -0.39 is 23.1 Å². The first-order chi connectivity index (χ1) is 9.62. The van der Waals surface area contributed by atoms with Crippen LogP contribution >= 0.6 is 11.3 Å². The van der Waals surface area contributed by atoms with E-state index >= 15 is 0 Å². The van der Waals surface area contributed by atoms with Gasteiger partial charge in [0.2, 0.25) is 0 Å². The number of esters is 1. The molecule has 0 amide bonds. The highest BCUT2D eigenvalue weighted by Gasteiger charge is 2.64. The van der Waals surface area contributed by atoms with Crippen molar-refractivity contribution >= 4 is 22.4 Å². The highest BCUT2D eigenvalue weighted by molar-refractivity contribution is 7.13. The number of aromatic nitrogens is 1. The molecule has 0 aromatic carbocycles. The van der Waals surface area contributed by atoms with Gasteiger partial charge >= 0.3 is 12.1 Å². The summed E-state index contributed by atoms with van der Waals surface area (Å²) in [5.74, 6) is -0.446. The fourth-order valence-corrected chi connectivity index (χ4v) is 2.82. The van der Waals surface area contributed by atoms with Gasteiger partial charge < -0.3 is 10.1 Å². The lowest BCUT2D eigenvalue weighted by Crippen LogP contribution is -2.38. The molecule has 0 saturated heterocycles. The van der Waals surface area contributed by atoms with Gasteiger partial charge in [-0.25, -0.2) is 4.98 Å². The van der Waals surface area contributed by atoms with Crippen LogP contribution in [0.25, 0.3) is 0 Å². The number of nitrogens with zero attached hydrogens (tertiary/aromatic N) is 1. The highest BCUT2D eigenvalue weighted by Crippen LogP contribution is 2.51. The monoisotopic (exact) mass is 322 g/mol. The Bertz CT molecular complexity index is 536. The Balaban J connectivity index is 2.14. The molecule has 0 bridgehead atoms. The summed E-state index contributed by atoms with van der Waals surface area (Å²) < 4.78 is 43.6. The van der Waals surface area contributed by atoms with Crippen molar-refractivity contribution in [1.82, 2.24) is 4.98 Å². The molecule has 0 spiro atoms.